The number of rotatable bonds is 5. The van der Waals surface area contributed by atoms with Gasteiger partial charge in [-0.2, -0.15) is 0 Å². The average Bonchev–Trinajstić information content (AvgIpc) is 2.53. The molecule has 1 aromatic carbocycles. The lowest BCUT2D eigenvalue weighted by Crippen LogP contribution is -2.23. The van der Waals surface area contributed by atoms with E-state index in [1.165, 1.54) is 11.8 Å². The van der Waals surface area contributed by atoms with Crippen LogP contribution in [0.3, 0.4) is 0 Å². The molecule has 0 saturated heterocycles. The van der Waals surface area contributed by atoms with Gasteiger partial charge in [0.25, 0.3) is 0 Å². The van der Waals surface area contributed by atoms with E-state index in [2.05, 4.69) is 27.2 Å². The van der Waals surface area contributed by atoms with Crippen molar-refractivity contribution in [1.82, 2.24) is 9.97 Å². The highest BCUT2D eigenvalue weighted by atomic mass is 35.5. The molecule has 1 unspecified atom stereocenters. The fraction of sp³-hybridized carbons (Fsp3) is 0.286. The van der Waals surface area contributed by atoms with Crippen LogP contribution in [0.25, 0.3) is 0 Å². The molecule has 1 heterocycles. The number of nitrogens with two attached hydrogens (primary N) is 1. The Morgan fingerprint density at radius 1 is 1.29 bits per heavy atom. The smallest absolute Gasteiger partial charge is 0.191 e. The molecule has 21 heavy (non-hydrogen) atoms. The minimum absolute atomic E-state index is 0.150. The maximum absolute atomic E-state index is 5.93. The second kappa shape index (κ2) is 6.98. The molecule has 3 N–H and O–H groups in total. The van der Waals surface area contributed by atoms with E-state index in [1.54, 1.807) is 0 Å². The molecule has 7 heteroatoms. The van der Waals surface area contributed by atoms with Crippen molar-refractivity contribution in [2.24, 2.45) is 5.84 Å². The van der Waals surface area contributed by atoms with Crippen LogP contribution in [-0.2, 0) is 0 Å². The lowest BCUT2D eigenvalue weighted by molar-refractivity contribution is 0.719. The van der Waals surface area contributed by atoms with Gasteiger partial charge in [0.05, 0.1) is 6.04 Å². The van der Waals surface area contributed by atoms with Gasteiger partial charge in [-0.15, -0.1) is 0 Å². The highest BCUT2D eigenvalue weighted by Crippen LogP contribution is 2.27. The Morgan fingerprint density at radius 3 is 2.52 bits per heavy atom. The Hall–Kier alpha value is -1.50. The van der Waals surface area contributed by atoms with E-state index in [4.69, 9.17) is 17.4 Å². The van der Waals surface area contributed by atoms with Crippen LogP contribution < -0.4 is 16.2 Å². The third kappa shape index (κ3) is 3.78. The van der Waals surface area contributed by atoms with Gasteiger partial charge in [0.15, 0.2) is 5.16 Å². The molecule has 0 bridgehead atoms. The summed E-state index contributed by atoms with van der Waals surface area (Å²) in [4.78, 5) is 10.9. The van der Waals surface area contributed by atoms with E-state index < -0.39 is 0 Å². The normalized spacial score (nSPS) is 12.0. The Bertz CT molecular complexity index is 583. The van der Waals surface area contributed by atoms with Crippen LogP contribution in [0.2, 0.25) is 5.02 Å². The average molecular weight is 324 g/mol. The number of aromatic nitrogens is 2. The summed E-state index contributed by atoms with van der Waals surface area (Å²) in [6, 6.07) is 9.79. The van der Waals surface area contributed by atoms with E-state index in [-0.39, 0.29) is 6.04 Å². The summed E-state index contributed by atoms with van der Waals surface area (Å²) < 4.78 is 0. The monoisotopic (exact) mass is 323 g/mol. The molecule has 1 atom stereocenters. The van der Waals surface area contributed by atoms with Crippen LogP contribution in [0.5, 0.6) is 0 Å². The fourth-order valence-electron chi connectivity index (χ4n) is 1.92. The first kappa shape index (κ1) is 15.9. The van der Waals surface area contributed by atoms with Crippen molar-refractivity contribution < 1.29 is 0 Å². The number of hydrogen-bond donors (Lipinski definition) is 2. The molecular weight excluding hydrogens is 306 g/mol. The van der Waals surface area contributed by atoms with Gasteiger partial charge in [-0.25, -0.2) is 15.8 Å². The number of nitrogens with zero attached hydrogens (tertiary/aromatic N) is 3. The highest BCUT2D eigenvalue weighted by molar-refractivity contribution is 7.98. The number of hydrogen-bond acceptors (Lipinski definition) is 6. The molecule has 112 valence electrons. The summed E-state index contributed by atoms with van der Waals surface area (Å²) >= 11 is 7.41. The van der Waals surface area contributed by atoms with Gasteiger partial charge in [0, 0.05) is 18.1 Å². The Balaban J connectivity index is 2.29. The second-order valence-electron chi connectivity index (χ2n) is 4.58. The molecule has 0 aliphatic carbocycles. The van der Waals surface area contributed by atoms with Gasteiger partial charge < -0.3 is 10.3 Å². The van der Waals surface area contributed by atoms with Crippen LogP contribution >= 0.6 is 23.4 Å². The number of hydrazine groups is 1. The van der Waals surface area contributed by atoms with Crippen LogP contribution in [-0.4, -0.2) is 23.3 Å². The van der Waals surface area contributed by atoms with Crippen LogP contribution in [0.15, 0.2) is 35.5 Å². The maximum Gasteiger partial charge on any atom is 0.191 e. The molecule has 2 aromatic rings. The highest BCUT2D eigenvalue weighted by Gasteiger charge is 2.15. The lowest BCUT2D eigenvalue weighted by Gasteiger charge is -2.27. The van der Waals surface area contributed by atoms with Gasteiger partial charge in [-0.3, -0.25) is 0 Å². The van der Waals surface area contributed by atoms with Crippen LogP contribution in [0.4, 0.5) is 11.6 Å². The minimum atomic E-state index is 0.150. The maximum atomic E-state index is 5.93. The van der Waals surface area contributed by atoms with E-state index in [0.717, 1.165) is 16.4 Å². The zero-order chi connectivity index (χ0) is 15.4. The molecular formula is C14H18ClN5S. The van der Waals surface area contributed by atoms with E-state index >= 15 is 0 Å². The van der Waals surface area contributed by atoms with E-state index in [9.17, 15) is 0 Å². The van der Waals surface area contributed by atoms with Crippen molar-refractivity contribution in [1.29, 1.82) is 0 Å². The first-order valence-corrected chi connectivity index (χ1v) is 8.03. The van der Waals surface area contributed by atoms with Crippen LogP contribution in [0, 0.1) is 0 Å². The van der Waals surface area contributed by atoms with Crippen molar-refractivity contribution in [2.75, 3.05) is 23.6 Å². The molecule has 0 amide bonds. The summed E-state index contributed by atoms with van der Waals surface area (Å²) in [5.41, 5.74) is 3.74. The van der Waals surface area contributed by atoms with Crippen molar-refractivity contribution >= 4 is 35.0 Å². The summed E-state index contributed by atoms with van der Waals surface area (Å²) in [5.74, 6) is 6.87. The number of thioether (sulfide) groups is 1. The minimum Gasteiger partial charge on any atom is -0.353 e. The molecule has 1 aromatic heterocycles. The molecule has 2 rings (SSSR count). The zero-order valence-corrected chi connectivity index (χ0v) is 13.7. The topological polar surface area (TPSA) is 67.1 Å². The van der Waals surface area contributed by atoms with E-state index in [1.807, 2.05) is 43.6 Å². The third-order valence-corrected chi connectivity index (χ3v) is 4.12. The Labute approximate surface area is 133 Å². The predicted octanol–water partition coefficient (Wildman–Crippen LogP) is 3.33. The number of anilines is 2. The number of halogens is 1. The zero-order valence-electron chi connectivity index (χ0n) is 12.2. The second-order valence-corrected chi connectivity index (χ2v) is 5.79. The summed E-state index contributed by atoms with van der Waals surface area (Å²) in [6.45, 7) is 2.11. The van der Waals surface area contributed by atoms with Crippen molar-refractivity contribution in [3.63, 3.8) is 0 Å². The summed E-state index contributed by atoms with van der Waals surface area (Å²) in [5, 5.41) is 1.41. The Morgan fingerprint density at radius 2 is 1.95 bits per heavy atom. The predicted molar refractivity (Wildman–Crippen MR) is 89.9 cm³/mol. The van der Waals surface area contributed by atoms with Gasteiger partial charge in [-0.1, -0.05) is 35.5 Å². The number of nitrogen functional groups attached to an aromatic ring is 1. The Kier molecular flexibility index (Phi) is 5.27. The van der Waals surface area contributed by atoms with Crippen molar-refractivity contribution in [3.8, 4) is 0 Å². The molecule has 0 saturated carbocycles. The molecule has 0 aliphatic heterocycles. The fourth-order valence-corrected chi connectivity index (χ4v) is 2.42. The lowest BCUT2D eigenvalue weighted by atomic mass is 10.1. The molecule has 0 spiro atoms. The largest absolute Gasteiger partial charge is 0.353 e. The molecule has 0 fully saturated rings. The van der Waals surface area contributed by atoms with Gasteiger partial charge >= 0.3 is 0 Å². The third-order valence-electron chi connectivity index (χ3n) is 3.32. The molecule has 0 aliphatic rings. The van der Waals surface area contributed by atoms with E-state index in [0.29, 0.717) is 11.0 Å². The van der Waals surface area contributed by atoms with Crippen molar-refractivity contribution in [2.45, 2.75) is 18.1 Å². The quantitative estimate of drug-likeness (QED) is 0.381. The first-order valence-electron chi connectivity index (χ1n) is 6.43. The SMILES string of the molecule is CSc1nc(NN)cc(N(C)C(C)c2ccc(Cl)cc2)n1. The van der Waals surface area contributed by atoms with Crippen molar-refractivity contribution in [3.05, 3.63) is 40.9 Å². The number of nitrogens with one attached hydrogen (secondary N) is 1. The summed E-state index contributed by atoms with van der Waals surface area (Å²) in [6.07, 6.45) is 1.93. The summed E-state index contributed by atoms with van der Waals surface area (Å²) in [7, 11) is 1.99. The van der Waals surface area contributed by atoms with Gasteiger partial charge in [-0.05, 0) is 30.9 Å². The molecule has 0 radical (unpaired) electrons. The first-order chi connectivity index (χ1) is 10.0. The molecule has 5 nitrogen and oxygen atoms in total. The van der Waals surface area contributed by atoms with Gasteiger partial charge in [0.1, 0.15) is 11.6 Å². The van der Waals surface area contributed by atoms with Crippen LogP contribution in [0.1, 0.15) is 18.5 Å². The van der Waals surface area contributed by atoms with Gasteiger partial charge in [0.2, 0.25) is 0 Å². The number of benzene rings is 1. The standard InChI is InChI=1S/C14H18ClN5S/c1-9(10-4-6-11(15)7-5-10)20(2)13-8-12(19-16)17-14(18-13)21-3/h4-9H,16H2,1-3H3,(H,17,18,19).